The third kappa shape index (κ3) is 4.50. The molecule has 1 heterocycles. The highest BCUT2D eigenvalue weighted by atomic mass is 32.2. The van der Waals surface area contributed by atoms with E-state index in [-0.39, 0.29) is 22.5 Å². The minimum Gasteiger partial charge on any atom is -0.467 e. The Hall–Kier alpha value is -2.09. The van der Waals surface area contributed by atoms with E-state index in [0.717, 1.165) is 25.7 Å². The molecule has 0 radical (unpaired) electrons. The van der Waals surface area contributed by atoms with Gasteiger partial charge in [-0.2, -0.15) is 0 Å². The summed E-state index contributed by atoms with van der Waals surface area (Å²) >= 11 is 1.56. The van der Waals surface area contributed by atoms with E-state index < -0.39 is 16.9 Å². The minimum absolute atomic E-state index is 0.123. The highest BCUT2D eigenvalue weighted by Gasteiger charge is 2.42. The van der Waals surface area contributed by atoms with Crippen LogP contribution in [0.15, 0.2) is 24.3 Å². The monoisotopic (exact) mass is 366 g/mol. The molecule has 0 aromatic heterocycles. The number of nitro groups is 1. The molecule has 0 unspecified atom stereocenters. The van der Waals surface area contributed by atoms with Crippen LogP contribution in [0.4, 0.5) is 5.69 Å². The van der Waals surface area contributed by atoms with Crippen LogP contribution >= 0.6 is 11.8 Å². The maximum absolute atomic E-state index is 13.0. The van der Waals surface area contributed by atoms with E-state index in [2.05, 4.69) is 6.92 Å². The Kier molecular flexibility index (Phi) is 6.81. The van der Waals surface area contributed by atoms with Crippen LogP contribution in [0, 0.1) is 10.1 Å². The molecule has 1 fully saturated rings. The van der Waals surface area contributed by atoms with Crippen molar-refractivity contribution in [2.75, 3.05) is 12.9 Å². The fraction of sp³-hybridized carbons (Fsp3) is 0.529. The summed E-state index contributed by atoms with van der Waals surface area (Å²) in [5.74, 6) is -0.348. The Morgan fingerprint density at radius 3 is 2.80 bits per heavy atom. The first-order valence-corrected chi connectivity index (χ1v) is 9.31. The lowest BCUT2D eigenvalue weighted by molar-refractivity contribution is -0.384. The van der Waals surface area contributed by atoms with Gasteiger partial charge >= 0.3 is 5.97 Å². The topological polar surface area (TPSA) is 89.8 Å². The third-order valence-electron chi connectivity index (χ3n) is 4.16. The first-order valence-electron chi connectivity index (χ1n) is 8.26. The molecule has 0 spiro atoms. The summed E-state index contributed by atoms with van der Waals surface area (Å²) in [6, 6.07) is 4.95. The van der Waals surface area contributed by atoms with Crippen LogP contribution in [-0.2, 0) is 9.53 Å². The lowest BCUT2D eigenvalue weighted by Crippen LogP contribution is -2.46. The molecule has 2 atom stereocenters. The zero-order valence-corrected chi connectivity index (χ0v) is 15.2. The Labute approximate surface area is 150 Å². The van der Waals surface area contributed by atoms with E-state index in [1.54, 1.807) is 11.8 Å². The second-order valence-corrected chi connectivity index (χ2v) is 7.05. The number of carbonyl (C=O) groups excluding carboxylic acids is 2. The molecule has 1 saturated heterocycles. The number of nitro benzene ring substituents is 1. The summed E-state index contributed by atoms with van der Waals surface area (Å²) in [7, 11) is 1.30. The maximum atomic E-state index is 13.0. The second-order valence-electron chi connectivity index (χ2n) is 5.84. The van der Waals surface area contributed by atoms with Gasteiger partial charge in [0.2, 0.25) is 0 Å². The Morgan fingerprint density at radius 2 is 2.16 bits per heavy atom. The summed E-state index contributed by atoms with van der Waals surface area (Å²) in [6.45, 7) is 2.10. The fourth-order valence-corrected chi connectivity index (χ4v) is 4.28. The first kappa shape index (κ1) is 19.2. The van der Waals surface area contributed by atoms with Crippen molar-refractivity contribution < 1.29 is 19.2 Å². The molecule has 136 valence electrons. The zero-order valence-electron chi connectivity index (χ0n) is 14.3. The molecule has 1 aromatic carbocycles. The van der Waals surface area contributed by atoms with Crippen LogP contribution in [0.2, 0.25) is 0 Å². The summed E-state index contributed by atoms with van der Waals surface area (Å²) < 4.78 is 4.83. The molecule has 2 rings (SSSR count). The first-order chi connectivity index (χ1) is 12.0. The van der Waals surface area contributed by atoms with Gasteiger partial charge in [0.25, 0.3) is 11.6 Å². The molecule has 1 aliphatic rings. The number of hydrogen-bond donors (Lipinski definition) is 0. The molecule has 0 aliphatic carbocycles. The molecule has 1 amide bonds. The lowest BCUT2D eigenvalue weighted by atomic mass is 10.1. The molecule has 8 heteroatoms. The number of non-ortho nitro benzene ring substituents is 1. The molecule has 0 N–H and O–H groups in total. The predicted molar refractivity (Wildman–Crippen MR) is 95.5 cm³/mol. The van der Waals surface area contributed by atoms with Gasteiger partial charge in [-0.05, 0) is 12.5 Å². The highest BCUT2D eigenvalue weighted by Crippen LogP contribution is 2.34. The molecular weight excluding hydrogens is 344 g/mol. The van der Waals surface area contributed by atoms with Gasteiger partial charge in [-0.1, -0.05) is 32.3 Å². The normalized spacial score (nSPS) is 19.7. The minimum atomic E-state index is -0.659. The van der Waals surface area contributed by atoms with Crippen molar-refractivity contribution in [2.45, 2.75) is 44.0 Å². The number of unbranched alkanes of at least 4 members (excludes halogenated alkanes) is 2. The molecule has 25 heavy (non-hydrogen) atoms. The van der Waals surface area contributed by atoms with E-state index >= 15 is 0 Å². The molecule has 7 nitrogen and oxygen atoms in total. The van der Waals surface area contributed by atoms with Crippen molar-refractivity contribution in [3.63, 3.8) is 0 Å². The van der Waals surface area contributed by atoms with E-state index in [4.69, 9.17) is 4.74 Å². The van der Waals surface area contributed by atoms with Crippen molar-refractivity contribution in [3.05, 3.63) is 39.9 Å². The number of amides is 1. The SMILES string of the molecule is CCCCC[C@@H]1SC[C@H](C(=O)OC)N1C(=O)c1cccc([N+](=O)[O-])c1. The van der Waals surface area contributed by atoms with Gasteiger partial charge in [-0.25, -0.2) is 4.79 Å². The Morgan fingerprint density at radius 1 is 1.40 bits per heavy atom. The van der Waals surface area contributed by atoms with E-state index in [1.807, 2.05) is 0 Å². The summed E-state index contributed by atoms with van der Waals surface area (Å²) in [6.07, 6.45) is 3.86. The lowest BCUT2D eigenvalue weighted by Gasteiger charge is -2.28. The standard InChI is InChI=1S/C17H22N2O5S/c1-3-4-5-9-15-18(14(11-25-15)17(21)24-2)16(20)12-7-6-8-13(10-12)19(22)23/h6-8,10,14-15H,3-5,9,11H2,1-2H3/t14-,15+/m1/s1. The number of methoxy groups -OCH3 is 1. The van der Waals surface area contributed by atoms with Gasteiger partial charge in [-0.3, -0.25) is 14.9 Å². The van der Waals surface area contributed by atoms with E-state index in [9.17, 15) is 19.7 Å². The Bertz CT molecular complexity index is 652. The van der Waals surface area contributed by atoms with Crippen LogP contribution in [0.5, 0.6) is 0 Å². The van der Waals surface area contributed by atoms with Crippen molar-refractivity contribution in [1.29, 1.82) is 0 Å². The number of rotatable bonds is 7. The van der Waals surface area contributed by atoms with Gasteiger partial charge in [0.15, 0.2) is 0 Å². The summed E-state index contributed by atoms with van der Waals surface area (Å²) in [5, 5.41) is 10.8. The van der Waals surface area contributed by atoms with Gasteiger partial charge in [-0.15, -0.1) is 11.8 Å². The quantitative estimate of drug-likeness (QED) is 0.318. The second kappa shape index (κ2) is 8.84. The van der Waals surface area contributed by atoms with Crippen LogP contribution in [0.1, 0.15) is 43.0 Å². The molecule has 0 saturated carbocycles. The molecular formula is C17H22N2O5S. The number of ether oxygens (including phenoxy) is 1. The van der Waals surface area contributed by atoms with Crippen LogP contribution in [0.3, 0.4) is 0 Å². The van der Waals surface area contributed by atoms with Crippen LogP contribution in [0.25, 0.3) is 0 Å². The van der Waals surface area contributed by atoms with Crippen molar-refractivity contribution in [2.24, 2.45) is 0 Å². The number of hydrogen-bond acceptors (Lipinski definition) is 6. The van der Waals surface area contributed by atoms with Gasteiger partial charge in [0, 0.05) is 23.4 Å². The number of nitrogens with zero attached hydrogens (tertiary/aromatic N) is 2. The average molecular weight is 366 g/mol. The highest BCUT2D eigenvalue weighted by molar-refractivity contribution is 8.00. The van der Waals surface area contributed by atoms with Crippen molar-refractivity contribution >= 4 is 29.3 Å². The summed E-state index contributed by atoms with van der Waals surface area (Å²) in [4.78, 5) is 37.0. The predicted octanol–water partition coefficient (Wildman–Crippen LogP) is 3.23. The average Bonchev–Trinajstić information content (AvgIpc) is 3.04. The number of esters is 1. The van der Waals surface area contributed by atoms with Crippen molar-refractivity contribution in [3.8, 4) is 0 Å². The van der Waals surface area contributed by atoms with Crippen LogP contribution in [-0.4, -0.2) is 46.0 Å². The number of carbonyl (C=O) groups is 2. The summed E-state index contributed by atoms with van der Waals surface area (Å²) in [5.41, 5.74) is 0.0703. The van der Waals surface area contributed by atoms with Gasteiger partial charge in [0.1, 0.15) is 6.04 Å². The molecule has 1 aliphatic heterocycles. The Balaban J connectivity index is 2.27. The number of benzene rings is 1. The van der Waals surface area contributed by atoms with Crippen molar-refractivity contribution in [1.82, 2.24) is 4.90 Å². The maximum Gasteiger partial charge on any atom is 0.329 e. The number of thioether (sulfide) groups is 1. The molecule has 0 bridgehead atoms. The van der Waals surface area contributed by atoms with E-state index in [0.29, 0.717) is 5.75 Å². The zero-order chi connectivity index (χ0) is 18.4. The van der Waals surface area contributed by atoms with Gasteiger partial charge < -0.3 is 9.64 Å². The largest absolute Gasteiger partial charge is 0.467 e. The van der Waals surface area contributed by atoms with Crippen LogP contribution < -0.4 is 0 Å². The van der Waals surface area contributed by atoms with Gasteiger partial charge in [0.05, 0.1) is 17.4 Å². The third-order valence-corrected chi connectivity index (χ3v) is 5.51. The molecule has 1 aromatic rings. The van der Waals surface area contributed by atoms with E-state index in [1.165, 1.54) is 36.3 Å². The smallest absolute Gasteiger partial charge is 0.329 e. The fourth-order valence-electron chi connectivity index (χ4n) is 2.85.